The number of benzene rings is 2. The molecule has 0 aliphatic carbocycles. The molecule has 0 bridgehead atoms. The number of hydrogen-bond donors (Lipinski definition) is 0. The van der Waals surface area contributed by atoms with Crippen LogP contribution in [0, 0.1) is 0 Å². The minimum Gasteiger partial charge on any atom is -0.406 e. The number of halogens is 5. The predicted molar refractivity (Wildman–Crippen MR) is 76.2 cm³/mol. The fourth-order valence-corrected chi connectivity index (χ4v) is 2.35. The van der Waals surface area contributed by atoms with Gasteiger partial charge in [-0.25, -0.2) is 0 Å². The lowest BCUT2D eigenvalue weighted by molar-refractivity contribution is -0.274. The molecule has 0 unspecified atom stereocenters. The van der Waals surface area contributed by atoms with Crippen LogP contribution in [-0.2, 0) is 5.33 Å². The molecular formula is C14H9BrClF3O. The zero-order valence-electron chi connectivity index (χ0n) is 10.0. The summed E-state index contributed by atoms with van der Waals surface area (Å²) in [4.78, 5) is 0. The van der Waals surface area contributed by atoms with Gasteiger partial charge in [0.2, 0.25) is 0 Å². The lowest BCUT2D eigenvalue weighted by Crippen LogP contribution is -2.17. The van der Waals surface area contributed by atoms with Crippen molar-refractivity contribution in [3.8, 4) is 16.9 Å². The summed E-state index contributed by atoms with van der Waals surface area (Å²) < 4.78 is 40.5. The highest BCUT2D eigenvalue weighted by Crippen LogP contribution is 2.30. The Morgan fingerprint density at radius 1 is 1.05 bits per heavy atom. The summed E-state index contributed by atoms with van der Waals surface area (Å²) in [5.74, 6) is -0.254. The highest BCUT2D eigenvalue weighted by atomic mass is 79.9. The lowest BCUT2D eigenvalue weighted by atomic mass is 10.0. The maximum Gasteiger partial charge on any atom is 0.573 e. The molecule has 0 N–H and O–H groups in total. The second-order valence-corrected chi connectivity index (χ2v) is 5.05. The summed E-state index contributed by atoms with van der Waals surface area (Å²) in [5, 5.41) is 1.14. The Kier molecular flexibility index (Phi) is 4.60. The van der Waals surface area contributed by atoms with Gasteiger partial charge in [-0.3, -0.25) is 0 Å². The van der Waals surface area contributed by atoms with E-state index in [2.05, 4.69) is 20.7 Å². The summed E-state index contributed by atoms with van der Waals surface area (Å²) in [6, 6.07) is 11.1. The maximum atomic E-state index is 12.2. The number of alkyl halides is 4. The maximum absolute atomic E-state index is 12.2. The summed E-state index contributed by atoms with van der Waals surface area (Å²) in [6.45, 7) is 0. The monoisotopic (exact) mass is 364 g/mol. The molecule has 0 spiro atoms. The van der Waals surface area contributed by atoms with Crippen LogP contribution in [0.1, 0.15) is 5.56 Å². The minimum absolute atomic E-state index is 0.254. The lowest BCUT2D eigenvalue weighted by Gasteiger charge is -2.11. The first-order valence-electron chi connectivity index (χ1n) is 5.59. The van der Waals surface area contributed by atoms with E-state index in [0.29, 0.717) is 15.9 Å². The molecule has 0 radical (unpaired) electrons. The summed E-state index contributed by atoms with van der Waals surface area (Å²) in [5.41, 5.74) is 2.28. The standard InChI is InChI=1S/C14H9BrClF3O/c15-8-9-4-11(6-12(16)5-9)10-2-1-3-13(7-10)20-14(17,18)19/h1-7H,8H2. The molecule has 0 aliphatic heterocycles. The average Bonchev–Trinajstić information content (AvgIpc) is 2.36. The van der Waals surface area contributed by atoms with Crippen molar-refractivity contribution in [2.24, 2.45) is 0 Å². The fraction of sp³-hybridized carbons (Fsp3) is 0.143. The molecule has 0 amide bonds. The van der Waals surface area contributed by atoms with Crippen LogP contribution in [0.4, 0.5) is 13.2 Å². The second kappa shape index (κ2) is 6.06. The van der Waals surface area contributed by atoms with Gasteiger partial charge in [0.05, 0.1) is 0 Å². The van der Waals surface area contributed by atoms with E-state index in [4.69, 9.17) is 11.6 Å². The Hall–Kier alpha value is -1.20. The summed E-state index contributed by atoms with van der Waals surface area (Å²) in [7, 11) is 0. The Morgan fingerprint density at radius 3 is 2.45 bits per heavy atom. The van der Waals surface area contributed by atoms with Crippen molar-refractivity contribution in [1.82, 2.24) is 0 Å². The minimum atomic E-state index is -4.70. The van der Waals surface area contributed by atoms with E-state index >= 15 is 0 Å². The van der Waals surface area contributed by atoms with Gasteiger partial charge in [-0.15, -0.1) is 13.2 Å². The number of rotatable bonds is 3. The first kappa shape index (κ1) is 15.2. The van der Waals surface area contributed by atoms with Gasteiger partial charge in [-0.1, -0.05) is 45.7 Å². The van der Waals surface area contributed by atoms with E-state index in [0.717, 1.165) is 11.1 Å². The van der Waals surface area contributed by atoms with Crippen molar-refractivity contribution >= 4 is 27.5 Å². The van der Waals surface area contributed by atoms with E-state index in [1.165, 1.54) is 18.2 Å². The van der Waals surface area contributed by atoms with Gasteiger partial charge >= 0.3 is 6.36 Å². The van der Waals surface area contributed by atoms with Gasteiger partial charge in [0.25, 0.3) is 0 Å². The smallest absolute Gasteiger partial charge is 0.406 e. The predicted octanol–water partition coefficient (Wildman–Crippen LogP) is 5.80. The SMILES string of the molecule is FC(F)(F)Oc1cccc(-c2cc(Cl)cc(CBr)c2)c1. The third kappa shape index (κ3) is 4.15. The number of ether oxygens (including phenoxy) is 1. The molecule has 2 aromatic rings. The van der Waals surface area contributed by atoms with E-state index in [-0.39, 0.29) is 5.75 Å². The first-order valence-corrected chi connectivity index (χ1v) is 7.09. The highest BCUT2D eigenvalue weighted by molar-refractivity contribution is 9.08. The molecule has 0 saturated carbocycles. The highest BCUT2D eigenvalue weighted by Gasteiger charge is 2.31. The van der Waals surface area contributed by atoms with Crippen molar-refractivity contribution in [2.75, 3.05) is 0 Å². The average molecular weight is 366 g/mol. The molecule has 0 atom stereocenters. The molecular weight excluding hydrogens is 357 g/mol. The van der Waals surface area contributed by atoms with Crippen LogP contribution in [0.5, 0.6) is 5.75 Å². The zero-order chi connectivity index (χ0) is 14.8. The Labute approximate surface area is 127 Å². The van der Waals surface area contributed by atoms with Gasteiger partial charge < -0.3 is 4.74 Å². The third-order valence-electron chi connectivity index (χ3n) is 2.51. The molecule has 0 aliphatic rings. The van der Waals surface area contributed by atoms with Crippen LogP contribution in [0.3, 0.4) is 0 Å². The molecule has 106 valence electrons. The van der Waals surface area contributed by atoms with E-state index in [1.54, 1.807) is 18.2 Å². The van der Waals surface area contributed by atoms with Crippen LogP contribution in [0.15, 0.2) is 42.5 Å². The van der Waals surface area contributed by atoms with E-state index in [1.807, 2.05) is 6.07 Å². The van der Waals surface area contributed by atoms with E-state index in [9.17, 15) is 13.2 Å². The van der Waals surface area contributed by atoms with Crippen LogP contribution >= 0.6 is 27.5 Å². The van der Waals surface area contributed by atoms with Gasteiger partial charge in [0.1, 0.15) is 5.75 Å². The molecule has 0 heterocycles. The topological polar surface area (TPSA) is 9.23 Å². The zero-order valence-corrected chi connectivity index (χ0v) is 12.4. The molecule has 2 aromatic carbocycles. The Bertz CT molecular complexity index is 614. The van der Waals surface area contributed by atoms with E-state index < -0.39 is 6.36 Å². The Balaban J connectivity index is 2.38. The molecule has 0 fully saturated rings. The van der Waals surface area contributed by atoms with Gasteiger partial charge in [-0.05, 0) is 41.0 Å². The fourth-order valence-electron chi connectivity index (χ4n) is 1.77. The second-order valence-electron chi connectivity index (χ2n) is 4.06. The number of hydrogen-bond acceptors (Lipinski definition) is 1. The van der Waals surface area contributed by atoms with Crippen LogP contribution < -0.4 is 4.74 Å². The quantitative estimate of drug-likeness (QED) is 0.625. The summed E-state index contributed by atoms with van der Waals surface area (Å²) in [6.07, 6.45) is -4.70. The molecule has 0 saturated heterocycles. The first-order chi connectivity index (χ1) is 9.37. The van der Waals surface area contributed by atoms with Crippen molar-refractivity contribution in [3.63, 3.8) is 0 Å². The Morgan fingerprint density at radius 2 is 1.80 bits per heavy atom. The normalized spacial score (nSPS) is 11.4. The van der Waals surface area contributed by atoms with Crippen LogP contribution in [0.2, 0.25) is 5.02 Å². The van der Waals surface area contributed by atoms with Crippen molar-refractivity contribution in [2.45, 2.75) is 11.7 Å². The molecule has 2 rings (SSSR count). The summed E-state index contributed by atoms with van der Waals surface area (Å²) >= 11 is 9.31. The van der Waals surface area contributed by atoms with Crippen LogP contribution in [-0.4, -0.2) is 6.36 Å². The molecule has 1 nitrogen and oxygen atoms in total. The third-order valence-corrected chi connectivity index (χ3v) is 3.38. The van der Waals surface area contributed by atoms with Gasteiger partial charge in [0.15, 0.2) is 0 Å². The van der Waals surface area contributed by atoms with Crippen molar-refractivity contribution in [3.05, 3.63) is 53.1 Å². The molecule has 0 aromatic heterocycles. The van der Waals surface area contributed by atoms with Crippen molar-refractivity contribution in [1.29, 1.82) is 0 Å². The van der Waals surface area contributed by atoms with Crippen LogP contribution in [0.25, 0.3) is 11.1 Å². The van der Waals surface area contributed by atoms with Gasteiger partial charge in [0, 0.05) is 10.4 Å². The molecule has 20 heavy (non-hydrogen) atoms. The molecule has 6 heteroatoms. The van der Waals surface area contributed by atoms with Gasteiger partial charge in [-0.2, -0.15) is 0 Å². The largest absolute Gasteiger partial charge is 0.573 e. The van der Waals surface area contributed by atoms with Crippen molar-refractivity contribution < 1.29 is 17.9 Å².